The number of anilines is 1. The third-order valence-electron chi connectivity index (χ3n) is 3.38. The van der Waals surface area contributed by atoms with Crippen LogP contribution >= 0.6 is 11.6 Å². The van der Waals surface area contributed by atoms with Crippen LogP contribution in [0.4, 0.5) is 5.69 Å². The van der Waals surface area contributed by atoms with Crippen molar-refractivity contribution < 1.29 is 4.74 Å². The van der Waals surface area contributed by atoms with Crippen molar-refractivity contribution in [1.29, 1.82) is 0 Å². The summed E-state index contributed by atoms with van der Waals surface area (Å²) in [6.45, 7) is 6.90. The van der Waals surface area contributed by atoms with Gasteiger partial charge in [-0.15, -0.1) is 0 Å². The van der Waals surface area contributed by atoms with E-state index in [0.717, 1.165) is 23.4 Å². The Kier molecular flexibility index (Phi) is 6.37. The van der Waals surface area contributed by atoms with Crippen molar-refractivity contribution >= 4 is 23.0 Å². The summed E-state index contributed by atoms with van der Waals surface area (Å²) in [5.41, 5.74) is 4.34. The number of aromatic nitrogens is 2. The molecule has 2 aromatic rings. The second-order valence-electron chi connectivity index (χ2n) is 5.79. The molecule has 0 fully saturated rings. The maximum Gasteiger partial charge on any atom is 0.285 e. The number of nitrogens with zero attached hydrogens (tertiary/aromatic N) is 2. The van der Waals surface area contributed by atoms with Crippen LogP contribution in [0.2, 0.25) is 5.02 Å². The van der Waals surface area contributed by atoms with Crippen LogP contribution in [0.5, 0.6) is 5.75 Å². The zero-order valence-electron chi connectivity index (χ0n) is 14.0. The maximum absolute atomic E-state index is 11.4. The third kappa shape index (κ3) is 5.09. The first-order valence-electron chi connectivity index (χ1n) is 7.74. The summed E-state index contributed by atoms with van der Waals surface area (Å²) in [6.07, 6.45) is 2.43. The molecule has 1 aromatic heterocycles. The monoisotopic (exact) mass is 348 g/mol. The Morgan fingerprint density at radius 2 is 2.08 bits per heavy atom. The van der Waals surface area contributed by atoms with E-state index in [2.05, 4.69) is 34.6 Å². The zero-order chi connectivity index (χ0) is 17.5. The van der Waals surface area contributed by atoms with Gasteiger partial charge < -0.3 is 4.74 Å². The van der Waals surface area contributed by atoms with Gasteiger partial charge in [0.25, 0.3) is 5.56 Å². The summed E-state index contributed by atoms with van der Waals surface area (Å²) in [5, 5.41) is 10.2. The molecule has 1 heterocycles. The number of aromatic amines is 1. The predicted molar refractivity (Wildman–Crippen MR) is 97.1 cm³/mol. The van der Waals surface area contributed by atoms with Crippen molar-refractivity contribution in [2.75, 3.05) is 12.0 Å². The minimum atomic E-state index is -0.461. The van der Waals surface area contributed by atoms with Gasteiger partial charge in [0, 0.05) is 0 Å². The molecule has 0 aliphatic rings. The lowest BCUT2D eigenvalue weighted by Gasteiger charge is -2.09. The summed E-state index contributed by atoms with van der Waals surface area (Å²) in [7, 11) is 0. The van der Waals surface area contributed by atoms with Gasteiger partial charge in [-0.2, -0.15) is 10.2 Å². The molecule has 2 N–H and O–H groups in total. The zero-order valence-corrected chi connectivity index (χ0v) is 14.7. The molecule has 24 heavy (non-hydrogen) atoms. The van der Waals surface area contributed by atoms with Gasteiger partial charge in [0.05, 0.1) is 18.5 Å². The average Bonchev–Trinajstić information content (AvgIpc) is 2.56. The van der Waals surface area contributed by atoms with Gasteiger partial charge in [0.2, 0.25) is 0 Å². The highest BCUT2D eigenvalue weighted by atomic mass is 35.5. The van der Waals surface area contributed by atoms with E-state index in [1.165, 1.54) is 6.20 Å². The second-order valence-corrected chi connectivity index (χ2v) is 6.17. The van der Waals surface area contributed by atoms with E-state index in [1.807, 2.05) is 31.2 Å². The second kappa shape index (κ2) is 8.49. The Balaban J connectivity index is 2.00. The molecule has 0 unspecified atom stereocenters. The minimum Gasteiger partial charge on any atom is -0.494 e. The molecule has 0 aliphatic carbocycles. The fourth-order valence-corrected chi connectivity index (χ4v) is 2.01. The topological polar surface area (TPSA) is 79.4 Å². The van der Waals surface area contributed by atoms with Gasteiger partial charge in [0.15, 0.2) is 0 Å². The van der Waals surface area contributed by atoms with Gasteiger partial charge in [-0.1, -0.05) is 25.4 Å². The maximum atomic E-state index is 11.4. The molecule has 0 saturated heterocycles. The predicted octanol–water partition coefficient (Wildman–Crippen LogP) is 3.68. The Morgan fingerprint density at radius 3 is 2.75 bits per heavy atom. The number of hydrazone groups is 1. The minimum absolute atomic E-state index is 0.0236. The first-order valence-corrected chi connectivity index (χ1v) is 8.12. The highest BCUT2D eigenvalue weighted by molar-refractivity contribution is 6.32. The third-order valence-corrected chi connectivity index (χ3v) is 3.75. The normalized spacial score (nSPS) is 11.6. The lowest BCUT2D eigenvalue weighted by molar-refractivity contribution is 0.289. The first kappa shape index (κ1) is 18.0. The molecule has 0 atom stereocenters. The lowest BCUT2D eigenvalue weighted by Crippen LogP contribution is -2.10. The van der Waals surface area contributed by atoms with E-state index >= 15 is 0 Å². The van der Waals surface area contributed by atoms with E-state index in [-0.39, 0.29) is 5.02 Å². The highest BCUT2D eigenvalue weighted by Gasteiger charge is 2.04. The van der Waals surface area contributed by atoms with Crippen LogP contribution < -0.4 is 15.7 Å². The number of hydrogen-bond acceptors (Lipinski definition) is 5. The van der Waals surface area contributed by atoms with Gasteiger partial charge >= 0.3 is 0 Å². The standard InChI is InChI=1S/C17H21ClN4O2/c1-11(2)8-9-24-14-6-4-13(5-7-14)12(3)20-21-15-10-19-22-17(23)16(15)18/h4-7,10-11H,8-9H2,1-3H3,(H2,21,22,23)/b20-12-. The molecule has 0 radical (unpaired) electrons. The Labute approximate surface area is 145 Å². The van der Waals surface area contributed by atoms with Crippen LogP contribution in [0.25, 0.3) is 0 Å². The van der Waals surface area contributed by atoms with Crippen molar-refractivity contribution in [3.8, 4) is 5.75 Å². The van der Waals surface area contributed by atoms with E-state index in [1.54, 1.807) is 0 Å². The van der Waals surface area contributed by atoms with Crippen molar-refractivity contribution in [3.63, 3.8) is 0 Å². The molecule has 128 valence electrons. The number of ether oxygens (including phenoxy) is 1. The van der Waals surface area contributed by atoms with Crippen molar-refractivity contribution in [1.82, 2.24) is 10.2 Å². The highest BCUT2D eigenvalue weighted by Crippen LogP contribution is 2.16. The van der Waals surface area contributed by atoms with Crippen molar-refractivity contribution in [3.05, 3.63) is 51.4 Å². The molecule has 0 spiro atoms. The smallest absolute Gasteiger partial charge is 0.285 e. The molecule has 7 heteroatoms. The molecular weight excluding hydrogens is 328 g/mol. The number of rotatable bonds is 7. The summed E-state index contributed by atoms with van der Waals surface area (Å²) >= 11 is 5.88. The Morgan fingerprint density at radius 1 is 1.38 bits per heavy atom. The quantitative estimate of drug-likeness (QED) is 0.591. The van der Waals surface area contributed by atoms with E-state index in [0.29, 0.717) is 18.2 Å². The van der Waals surface area contributed by atoms with Crippen molar-refractivity contribution in [2.45, 2.75) is 27.2 Å². The Bertz CT molecular complexity index is 754. The summed E-state index contributed by atoms with van der Waals surface area (Å²) in [6, 6.07) is 7.69. The number of hydrogen-bond donors (Lipinski definition) is 2. The fourth-order valence-electron chi connectivity index (χ4n) is 1.87. The number of benzene rings is 1. The van der Waals surface area contributed by atoms with Gasteiger partial charge in [-0.25, -0.2) is 5.10 Å². The van der Waals surface area contributed by atoms with E-state index < -0.39 is 5.56 Å². The summed E-state index contributed by atoms with van der Waals surface area (Å²) < 4.78 is 5.69. The fraction of sp³-hybridized carbons (Fsp3) is 0.353. The van der Waals surface area contributed by atoms with Crippen LogP contribution in [0.3, 0.4) is 0 Å². The van der Waals surface area contributed by atoms with Gasteiger partial charge in [-0.3, -0.25) is 10.2 Å². The van der Waals surface area contributed by atoms with Crippen LogP contribution in [-0.4, -0.2) is 22.5 Å². The Hall–Kier alpha value is -2.34. The molecule has 1 aromatic carbocycles. The molecule has 0 saturated carbocycles. The van der Waals surface area contributed by atoms with Crippen molar-refractivity contribution in [2.24, 2.45) is 11.0 Å². The number of halogens is 1. The SMILES string of the molecule is C/C(=N/Nc1cn[nH]c(=O)c1Cl)c1ccc(OCCC(C)C)cc1. The van der Waals surface area contributed by atoms with Crippen LogP contribution in [0, 0.1) is 5.92 Å². The molecule has 0 bridgehead atoms. The van der Waals surface area contributed by atoms with E-state index in [9.17, 15) is 4.79 Å². The molecule has 2 rings (SSSR count). The molecular formula is C17H21ClN4O2. The van der Waals surface area contributed by atoms with Gasteiger partial charge in [0.1, 0.15) is 16.5 Å². The van der Waals surface area contributed by atoms with Gasteiger partial charge in [-0.05, 0) is 49.1 Å². The van der Waals surface area contributed by atoms with Crippen LogP contribution in [0.15, 0.2) is 40.4 Å². The summed E-state index contributed by atoms with van der Waals surface area (Å²) in [4.78, 5) is 11.4. The average molecular weight is 349 g/mol. The largest absolute Gasteiger partial charge is 0.494 e. The molecule has 0 aliphatic heterocycles. The number of H-pyrrole nitrogens is 1. The molecule has 6 nitrogen and oxygen atoms in total. The first-order chi connectivity index (χ1) is 11.5. The van der Waals surface area contributed by atoms with Crippen LogP contribution in [0.1, 0.15) is 32.8 Å². The number of nitrogens with one attached hydrogen (secondary N) is 2. The molecule has 0 amide bonds. The van der Waals surface area contributed by atoms with E-state index in [4.69, 9.17) is 16.3 Å². The summed E-state index contributed by atoms with van der Waals surface area (Å²) in [5.74, 6) is 1.46. The van der Waals surface area contributed by atoms with Crippen LogP contribution in [-0.2, 0) is 0 Å². The lowest BCUT2D eigenvalue weighted by atomic mass is 10.1.